The van der Waals surface area contributed by atoms with Crippen molar-refractivity contribution in [1.82, 2.24) is 15.1 Å². The molecule has 0 spiro atoms. The molecule has 0 bridgehead atoms. The molecule has 1 heterocycles. The minimum Gasteiger partial charge on any atom is -0.383 e. The Kier molecular flexibility index (Phi) is 4.93. The maximum Gasteiger partial charge on any atom is 0.0785 e. The molecule has 1 aromatic rings. The smallest absolute Gasteiger partial charge is 0.0785 e. The van der Waals surface area contributed by atoms with Crippen molar-refractivity contribution in [3.05, 3.63) is 17.4 Å². The van der Waals surface area contributed by atoms with Crippen LogP contribution in [-0.2, 0) is 4.74 Å². The first kappa shape index (κ1) is 11.5. The molecule has 0 aliphatic heterocycles. The summed E-state index contributed by atoms with van der Waals surface area (Å²) < 4.78 is 6.78. The number of nitrogens with zero attached hydrogens (tertiary/aromatic N) is 2. The van der Waals surface area contributed by atoms with E-state index in [9.17, 15) is 0 Å². The van der Waals surface area contributed by atoms with Gasteiger partial charge in [0, 0.05) is 26.4 Å². The van der Waals surface area contributed by atoms with E-state index in [1.807, 2.05) is 10.9 Å². The lowest BCUT2D eigenvalue weighted by Crippen LogP contribution is -2.26. The highest BCUT2D eigenvalue weighted by Crippen LogP contribution is 2.09. The fraction of sp³-hybridized carbons (Fsp3) is 0.667. The van der Waals surface area contributed by atoms with Crippen LogP contribution in [-0.4, -0.2) is 36.6 Å². The van der Waals surface area contributed by atoms with Crippen molar-refractivity contribution in [2.24, 2.45) is 0 Å². The van der Waals surface area contributed by atoms with Crippen LogP contribution in [0.5, 0.6) is 0 Å². The minimum absolute atomic E-state index is 0.305. The van der Waals surface area contributed by atoms with Crippen LogP contribution in [0.3, 0.4) is 0 Å². The topological polar surface area (TPSA) is 39.1 Å². The third-order valence-corrected chi connectivity index (χ3v) is 2.14. The van der Waals surface area contributed by atoms with Crippen molar-refractivity contribution in [2.75, 3.05) is 26.8 Å². The number of methoxy groups -OCH3 is 1. The summed E-state index contributed by atoms with van der Waals surface area (Å²) in [5, 5.41) is 8.07. The SMILES string of the molecule is COCCNCC(C)n1cc(Cl)cn1. The van der Waals surface area contributed by atoms with Crippen LogP contribution in [0.1, 0.15) is 13.0 Å². The Bertz CT molecular complexity index is 264. The minimum atomic E-state index is 0.305. The standard InChI is InChI=1S/C9H16ClN3O/c1-8(5-11-3-4-14-2)13-7-9(10)6-12-13/h6-8,11H,3-5H2,1-2H3. The second-order valence-electron chi connectivity index (χ2n) is 3.18. The van der Waals surface area contributed by atoms with Crippen LogP contribution in [0.15, 0.2) is 12.4 Å². The average Bonchev–Trinajstić information content (AvgIpc) is 2.59. The largest absolute Gasteiger partial charge is 0.383 e. The van der Waals surface area contributed by atoms with Crippen molar-refractivity contribution < 1.29 is 4.74 Å². The first-order valence-electron chi connectivity index (χ1n) is 4.63. The number of rotatable bonds is 6. The Balaban J connectivity index is 2.25. The van der Waals surface area contributed by atoms with E-state index in [0.29, 0.717) is 11.1 Å². The van der Waals surface area contributed by atoms with Gasteiger partial charge in [0.2, 0.25) is 0 Å². The Labute approximate surface area is 89.2 Å². The summed E-state index contributed by atoms with van der Waals surface area (Å²) in [6.45, 7) is 4.53. The van der Waals surface area contributed by atoms with E-state index >= 15 is 0 Å². The maximum atomic E-state index is 5.76. The normalized spacial score (nSPS) is 13.1. The van der Waals surface area contributed by atoms with Gasteiger partial charge in [-0.1, -0.05) is 11.6 Å². The molecule has 0 aromatic carbocycles. The predicted molar refractivity (Wildman–Crippen MR) is 56.7 cm³/mol. The molecule has 1 atom stereocenters. The number of aromatic nitrogens is 2. The predicted octanol–water partition coefficient (Wildman–Crippen LogP) is 1.33. The van der Waals surface area contributed by atoms with E-state index in [0.717, 1.165) is 19.7 Å². The summed E-state index contributed by atoms with van der Waals surface area (Å²) in [7, 11) is 1.69. The van der Waals surface area contributed by atoms with Gasteiger partial charge in [-0.15, -0.1) is 0 Å². The fourth-order valence-corrected chi connectivity index (χ4v) is 1.28. The molecule has 0 aliphatic rings. The van der Waals surface area contributed by atoms with Gasteiger partial charge in [-0.3, -0.25) is 4.68 Å². The van der Waals surface area contributed by atoms with Gasteiger partial charge in [-0.25, -0.2) is 0 Å². The third-order valence-electron chi connectivity index (χ3n) is 1.94. The molecule has 1 aromatic heterocycles. The van der Waals surface area contributed by atoms with E-state index in [1.54, 1.807) is 13.3 Å². The van der Waals surface area contributed by atoms with Crippen LogP contribution >= 0.6 is 11.6 Å². The molecule has 4 nitrogen and oxygen atoms in total. The highest BCUT2D eigenvalue weighted by atomic mass is 35.5. The second kappa shape index (κ2) is 6.01. The number of hydrogen-bond donors (Lipinski definition) is 1. The number of nitrogens with one attached hydrogen (secondary N) is 1. The summed E-state index contributed by atoms with van der Waals surface area (Å²) in [6, 6.07) is 0.305. The van der Waals surface area contributed by atoms with Crippen LogP contribution in [0.4, 0.5) is 0 Å². The molecule has 80 valence electrons. The lowest BCUT2D eigenvalue weighted by molar-refractivity contribution is 0.198. The number of hydrogen-bond acceptors (Lipinski definition) is 3. The molecular formula is C9H16ClN3O. The third kappa shape index (κ3) is 3.65. The van der Waals surface area contributed by atoms with Crippen LogP contribution in [0, 0.1) is 0 Å². The molecule has 0 amide bonds. The quantitative estimate of drug-likeness (QED) is 0.731. The van der Waals surface area contributed by atoms with E-state index in [2.05, 4.69) is 17.3 Å². The van der Waals surface area contributed by atoms with Gasteiger partial charge in [0.1, 0.15) is 0 Å². The van der Waals surface area contributed by atoms with Crippen molar-refractivity contribution in [1.29, 1.82) is 0 Å². The van der Waals surface area contributed by atoms with Gasteiger partial charge < -0.3 is 10.1 Å². The second-order valence-corrected chi connectivity index (χ2v) is 3.62. The van der Waals surface area contributed by atoms with E-state index in [1.165, 1.54) is 0 Å². The molecule has 0 radical (unpaired) electrons. The molecule has 0 fully saturated rings. The average molecular weight is 218 g/mol. The molecule has 1 unspecified atom stereocenters. The fourth-order valence-electron chi connectivity index (χ4n) is 1.13. The van der Waals surface area contributed by atoms with E-state index in [-0.39, 0.29) is 0 Å². The van der Waals surface area contributed by atoms with Gasteiger partial charge in [0.05, 0.1) is 23.9 Å². The van der Waals surface area contributed by atoms with Crippen molar-refractivity contribution in [2.45, 2.75) is 13.0 Å². The highest BCUT2D eigenvalue weighted by Gasteiger charge is 2.04. The van der Waals surface area contributed by atoms with E-state index < -0.39 is 0 Å². The molecule has 1 rings (SSSR count). The lowest BCUT2D eigenvalue weighted by atomic mass is 10.3. The summed E-state index contributed by atoms with van der Waals surface area (Å²) in [5.41, 5.74) is 0. The first-order valence-corrected chi connectivity index (χ1v) is 5.01. The zero-order valence-electron chi connectivity index (χ0n) is 8.53. The summed E-state index contributed by atoms with van der Waals surface area (Å²) in [4.78, 5) is 0. The van der Waals surface area contributed by atoms with Gasteiger partial charge >= 0.3 is 0 Å². The van der Waals surface area contributed by atoms with Crippen molar-refractivity contribution in [3.8, 4) is 0 Å². The Morgan fingerprint density at radius 2 is 2.50 bits per heavy atom. The first-order chi connectivity index (χ1) is 6.74. The number of halogens is 1. The Hall–Kier alpha value is -0.580. The van der Waals surface area contributed by atoms with Crippen molar-refractivity contribution >= 4 is 11.6 Å². The zero-order chi connectivity index (χ0) is 10.4. The molecule has 0 saturated heterocycles. The number of ether oxygens (including phenoxy) is 1. The van der Waals surface area contributed by atoms with Gasteiger partial charge in [-0.05, 0) is 6.92 Å². The zero-order valence-corrected chi connectivity index (χ0v) is 9.29. The maximum absolute atomic E-state index is 5.76. The highest BCUT2D eigenvalue weighted by molar-refractivity contribution is 6.30. The molecule has 5 heteroatoms. The summed E-state index contributed by atoms with van der Waals surface area (Å²) in [5.74, 6) is 0. The van der Waals surface area contributed by atoms with Crippen LogP contribution in [0.25, 0.3) is 0 Å². The van der Waals surface area contributed by atoms with Crippen LogP contribution < -0.4 is 5.32 Å². The molecule has 1 N–H and O–H groups in total. The molecular weight excluding hydrogens is 202 g/mol. The molecule has 0 aliphatic carbocycles. The van der Waals surface area contributed by atoms with Gasteiger partial charge in [-0.2, -0.15) is 5.10 Å². The Morgan fingerprint density at radius 3 is 3.07 bits per heavy atom. The van der Waals surface area contributed by atoms with E-state index in [4.69, 9.17) is 16.3 Å². The van der Waals surface area contributed by atoms with Gasteiger partial charge in [0.15, 0.2) is 0 Å². The monoisotopic (exact) mass is 217 g/mol. The lowest BCUT2D eigenvalue weighted by Gasteiger charge is -2.12. The van der Waals surface area contributed by atoms with Gasteiger partial charge in [0.25, 0.3) is 0 Å². The molecule has 0 saturated carbocycles. The van der Waals surface area contributed by atoms with Crippen molar-refractivity contribution in [3.63, 3.8) is 0 Å². The Morgan fingerprint density at radius 1 is 1.71 bits per heavy atom. The molecule has 14 heavy (non-hydrogen) atoms. The van der Waals surface area contributed by atoms with Crippen LogP contribution in [0.2, 0.25) is 5.02 Å². The summed E-state index contributed by atoms with van der Waals surface area (Å²) >= 11 is 5.76. The summed E-state index contributed by atoms with van der Waals surface area (Å²) in [6.07, 6.45) is 3.47.